The van der Waals surface area contributed by atoms with Gasteiger partial charge in [-0.1, -0.05) is 26.7 Å². The summed E-state index contributed by atoms with van der Waals surface area (Å²) in [4.78, 5) is 27.8. The van der Waals surface area contributed by atoms with E-state index in [2.05, 4.69) is 45.7 Å². The standard InChI is InChI=1S/C7H9.3C3H4O2.Ti/c1-6-4-3-5-7(6)2;3*1-2-3(4)5;/h4H,3H2,1-2H3;3*2H,1H2,(H,4,5);/q-1;;;;. The van der Waals surface area contributed by atoms with Gasteiger partial charge in [-0.25, -0.2) is 25.5 Å². The molecule has 1 aliphatic rings. The van der Waals surface area contributed by atoms with Crippen LogP contribution in [0.4, 0.5) is 0 Å². The van der Waals surface area contributed by atoms with Gasteiger partial charge in [0.05, 0.1) is 0 Å². The van der Waals surface area contributed by atoms with Crippen molar-refractivity contribution in [1.29, 1.82) is 0 Å². The van der Waals surface area contributed by atoms with E-state index in [0.717, 1.165) is 24.6 Å². The topological polar surface area (TPSA) is 112 Å². The Hall–Kier alpha value is -2.18. The van der Waals surface area contributed by atoms with Gasteiger partial charge >= 0.3 is 17.9 Å². The predicted molar refractivity (Wildman–Crippen MR) is 84.3 cm³/mol. The molecule has 0 saturated carbocycles. The fraction of sp³-hybridized carbons (Fsp3) is 0.188. The van der Waals surface area contributed by atoms with Gasteiger partial charge in [-0.2, -0.15) is 6.08 Å². The van der Waals surface area contributed by atoms with Gasteiger partial charge in [0.2, 0.25) is 0 Å². The van der Waals surface area contributed by atoms with Gasteiger partial charge in [-0.3, -0.25) is 6.08 Å². The normalized spacial score (nSPS) is 10.0. The van der Waals surface area contributed by atoms with Crippen molar-refractivity contribution in [1.82, 2.24) is 0 Å². The summed E-state index contributed by atoms with van der Waals surface area (Å²) in [5, 5.41) is 22.8. The number of allylic oxidation sites excluding steroid dienone is 4. The van der Waals surface area contributed by atoms with Crippen LogP contribution >= 0.6 is 0 Å². The largest absolute Gasteiger partial charge is 0.478 e. The van der Waals surface area contributed by atoms with E-state index < -0.39 is 17.9 Å². The number of aliphatic carboxylic acids is 3. The molecule has 0 unspecified atom stereocenters. The van der Waals surface area contributed by atoms with Gasteiger partial charge < -0.3 is 15.3 Å². The van der Waals surface area contributed by atoms with Gasteiger partial charge in [0, 0.05) is 39.9 Å². The van der Waals surface area contributed by atoms with Crippen LogP contribution in [-0.2, 0) is 36.1 Å². The molecule has 0 aliphatic heterocycles. The predicted octanol–water partition coefficient (Wildman–Crippen LogP) is 2.85. The van der Waals surface area contributed by atoms with Crippen molar-refractivity contribution >= 4 is 17.9 Å². The summed E-state index contributed by atoms with van der Waals surface area (Å²) in [6.45, 7) is 13.1. The average Bonchev–Trinajstić information content (AvgIpc) is 2.84. The third kappa shape index (κ3) is 33.0. The van der Waals surface area contributed by atoms with Crippen LogP contribution in [0.5, 0.6) is 0 Å². The van der Waals surface area contributed by atoms with E-state index in [-0.39, 0.29) is 21.7 Å². The summed E-state index contributed by atoms with van der Waals surface area (Å²) in [5.74, 6) is -2.94. The first-order valence-corrected chi connectivity index (χ1v) is 5.92. The zero-order valence-electron chi connectivity index (χ0n) is 13.2. The van der Waals surface area contributed by atoms with E-state index in [4.69, 9.17) is 15.3 Å². The maximum atomic E-state index is 9.25. The molecule has 1 aliphatic carbocycles. The molecule has 0 aromatic heterocycles. The number of carboxylic acid groups (broad SMARTS) is 3. The van der Waals surface area contributed by atoms with Crippen LogP contribution in [0.3, 0.4) is 0 Å². The Balaban J connectivity index is -0.000000105. The van der Waals surface area contributed by atoms with Crippen LogP contribution in [0.1, 0.15) is 20.3 Å². The summed E-state index contributed by atoms with van der Waals surface area (Å²) >= 11 is 0. The van der Waals surface area contributed by atoms with Gasteiger partial charge in [0.25, 0.3) is 0 Å². The Labute approximate surface area is 151 Å². The summed E-state index contributed by atoms with van der Waals surface area (Å²) in [6, 6.07) is 0. The van der Waals surface area contributed by atoms with E-state index >= 15 is 0 Å². The first kappa shape index (κ1) is 28.9. The third-order valence-electron chi connectivity index (χ3n) is 1.89. The molecule has 0 radical (unpaired) electrons. The van der Waals surface area contributed by atoms with Crippen LogP contribution in [-0.4, -0.2) is 33.2 Å². The van der Waals surface area contributed by atoms with Crippen molar-refractivity contribution in [2.45, 2.75) is 20.3 Å². The Morgan fingerprint density at radius 2 is 1.22 bits per heavy atom. The molecule has 23 heavy (non-hydrogen) atoms. The Morgan fingerprint density at radius 1 is 0.957 bits per heavy atom. The molecule has 0 bridgehead atoms. The van der Waals surface area contributed by atoms with Crippen LogP contribution in [0, 0.1) is 6.08 Å². The summed E-state index contributed by atoms with van der Waals surface area (Å²) in [5.41, 5.74) is 2.71. The van der Waals surface area contributed by atoms with Gasteiger partial charge in [-0.15, -0.1) is 13.3 Å². The third-order valence-corrected chi connectivity index (χ3v) is 1.89. The minimum absolute atomic E-state index is 0. The fourth-order valence-electron chi connectivity index (χ4n) is 0.650. The summed E-state index contributed by atoms with van der Waals surface area (Å²) in [6.07, 6.45) is 8.91. The SMILES string of the molecule is C=CC(=O)O.C=CC(=O)O.C=CC(=O)O.CC1=[C-]CC=C1C.[Ti]. The second-order valence-corrected chi connectivity index (χ2v) is 3.52. The minimum atomic E-state index is -0.981. The van der Waals surface area contributed by atoms with Crippen LogP contribution < -0.4 is 0 Å². The molecule has 7 heteroatoms. The van der Waals surface area contributed by atoms with E-state index in [1.54, 1.807) is 0 Å². The van der Waals surface area contributed by atoms with E-state index in [1.165, 1.54) is 11.1 Å². The Bertz CT molecular complexity index is 416. The molecule has 0 spiro atoms. The van der Waals surface area contributed by atoms with Crippen LogP contribution in [0.2, 0.25) is 0 Å². The zero-order chi connectivity index (χ0) is 18.1. The second-order valence-electron chi connectivity index (χ2n) is 3.52. The molecule has 0 aromatic carbocycles. The second kappa shape index (κ2) is 19.8. The molecule has 126 valence electrons. The maximum absolute atomic E-state index is 9.25. The van der Waals surface area contributed by atoms with Crippen molar-refractivity contribution in [3.63, 3.8) is 0 Å². The average molecular weight is 357 g/mol. The van der Waals surface area contributed by atoms with E-state index in [9.17, 15) is 14.4 Å². The minimum Gasteiger partial charge on any atom is -0.478 e. The van der Waals surface area contributed by atoms with Crippen LogP contribution in [0.25, 0.3) is 0 Å². The molecular weight excluding hydrogens is 336 g/mol. The Kier molecular flexibility index (Phi) is 24.9. The molecule has 0 fully saturated rings. The van der Waals surface area contributed by atoms with E-state index in [0.29, 0.717) is 0 Å². The quantitative estimate of drug-likeness (QED) is 0.407. The van der Waals surface area contributed by atoms with Crippen molar-refractivity contribution in [3.8, 4) is 0 Å². The van der Waals surface area contributed by atoms with Crippen LogP contribution in [0.15, 0.2) is 55.2 Å². The summed E-state index contributed by atoms with van der Waals surface area (Å²) in [7, 11) is 0. The molecule has 0 aromatic rings. The number of rotatable bonds is 3. The zero-order valence-corrected chi connectivity index (χ0v) is 14.8. The van der Waals surface area contributed by atoms with Crippen molar-refractivity contribution in [2.75, 3.05) is 0 Å². The maximum Gasteiger partial charge on any atom is 0.327 e. The molecule has 6 nitrogen and oxygen atoms in total. The number of hydrogen-bond donors (Lipinski definition) is 3. The molecule has 1 rings (SSSR count). The van der Waals surface area contributed by atoms with Gasteiger partial charge in [0.15, 0.2) is 0 Å². The van der Waals surface area contributed by atoms with Gasteiger partial charge in [0.1, 0.15) is 0 Å². The van der Waals surface area contributed by atoms with Gasteiger partial charge in [-0.05, 0) is 0 Å². The molecule has 0 heterocycles. The van der Waals surface area contributed by atoms with Crippen molar-refractivity contribution in [2.24, 2.45) is 0 Å². The first-order chi connectivity index (χ1) is 10.1. The summed E-state index contributed by atoms with van der Waals surface area (Å²) < 4.78 is 0. The molecule has 0 saturated heterocycles. The monoisotopic (exact) mass is 357 g/mol. The van der Waals surface area contributed by atoms with Crippen molar-refractivity contribution in [3.05, 3.63) is 61.3 Å². The molecular formula is C16H21O6Ti-. The molecule has 3 N–H and O–H groups in total. The first-order valence-electron chi connectivity index (χ1n) is 5.92. The van der Waals surface area contributed by atoms with E-state index in [1.807, 2.05) is 0 Å². The fourth-order valence-corrected chi connectivity index (χ4v) is 0.650. The molecule has 0 amide bonds. The molecule has 0 atom stereocenters. The number of carboxylic acids is 3. The Morgan fingerprint density at radius 3 is 1.26 bits per heavy atom. The van der Waals surface area contributed by atoms with Crippen molar-refractivity contribution < 1.29 is 51.4 Å². The smallest absolute Gasteiger partial charge is 0.327 e. The number of carbonyl (C=O) groups is 3. The number of hydrogen-bond acceptors (Lipinski definition) is 3.